The average Bonchev–Trinajstić information content (AvgIpc) is 2.36. The Bertz CT molecular complexity index is 372. The van der Waals surface area contributed by atoms with E-state index in [9.17, 15) is 5.11 Å². The molecule has 0 aliphatic carbocycles. The zero-order chi connectivity index (χ0) is 13.1. The van der Waals surface area contributed by atoms with Crippen LogP contribution in [0.15, 0.2) is 18.2 Å². The van der Waals surface area contributed by atoms with Crippen molar-refractivity contribution in [2.45, 2.75) is 33.3 Å². The molecular formula is C14H22O3. The summed E-state index contributed by atoms with van der Waals surface area (Å²) in [5.74, 6) is 1.33. The van der Waals surface area contributed by atoms with Crippen molar-refractivity contribution in [3.05, 3.63) is 23.8 Å². The second-order valence-electron chi connectivity index (χ2n) is 4.86. The summed E-state index contributed by atoms with van der Waals surface area (Å²) in [6, 6.07) is 5.54. The summed E-state index contributed by atoms with van der Waals surface area (Å²) in [6.45, 7) is 6.17. The van der Waals surface area contributed by atoms with E-state index in [-0.39, 0.29) is 5.41 Å². The summed E-state index contributed by atoms with van der Waals surface area (Å²) in [4.78, 5) is 0. The van der Waals surface area contributed by atoms with Crippen molar-refractivity contribution in [3.8, 4) is 11.5 Å². The van der Waals surface area contributed by atoms with Gasteiger partial charge in [-0.3, -0.25) is 0 Å². The van der Waals surface area contributed by atoms with Gasteiger partial charge in [0.05, 0.1) is 20.3 Å². The normalized spacial score (nSPS) is 13.3. The largest absolute Gasteiger partial charge is 0.493 e. The van der Waals surface area contributed by atoms with Crippen LogP contribution < -0.4 is 9.47 Å². The van der Waals surface area contributed by atoms with Gasteiger partial charge in [0.15, 0.2) is 11.5 Å². The Morgan fingerprint density at radius 2 is 1.76 bits per heavy atom. The number of ether oxygens (including phenoxy) is 2. The van der Waals surface area contributed by atoms with Gasteiger partial charge in [-0.25, -0.2) is 0 Å². The van der Waals surface area contributed by atoms with Gasteiger partial charge in [-0.15, -0.1) is 0 Å². The maximum atomic E-state index is 10.3. The number of aliphatic hydroxyl groups excluding tert-OH is 1. The predicted octanol–water partition coefficient (Wildman–Crippen LogP) is 3.17. The van der Waals surface area contributed by atoms with Crippen molar-refractivity contribution in [2.75, 3.05) is 14.2 Å². The third-order valence-corrected chi connectivity index (χ3v) is 3.37. The van der Waals surface area contributed by atoms with Crippen LogP contribution in [0.25, 0.3) is 0 Å². The monoisotopic (exact) mass is 238 g/mol. The first-order valence-corrected chi connectivity index (χ1v) is 5.86. The fourth-order valence-corrected chi connectivity index (χ4v) is 1.67. The average molecular weight is 238 g/mol. The topological polar surface area (TPSA) is 38.7 Å². The lowest BCUT2D eigenvalue weighted by atomic mass is 9.80. The summed E-state index contributed by atoms with van der Waals surface area (Å²) < 4.78 is 10.4. The second-order valence-corrected chi connectivity index (χ2v) is 4.86. The summed E-state index contributed by atoms with van der Waals surface area (Å²) in [7, 11) is 3.20. The first-order chi connectivity index (χ1) is 7.96. The number of hydrogen-bond donors (Lipinski definition) is 1. The molecule has 0 saturated heterocycles. The van der Waals surface area contributed by atoms with E-state index in [4.69, 9.17) is 9.47 Å². The van der Waals surface area contributed by atoms with Gasteiger partial charge in [-0.2, -0.15) is 0 Å². The lowest BCUT2D eigenvalue weighted by Gasteiger charge is -2.29. The molecule has 17 heavy (non-hydrogen) atoms. The zero-order valence-corrected chi connectivity index (χ0v) is 11.3. The van der Waals surface area contributed by atoms with Crippen molar-refractivity contribution in [1.82, 2.24) is 0 Å². The molecule has 1 aromatic carbocycles. The molecule has 1 rings (SSSR count). The Kier molecular flexibility index (Phi) is 4.40. The van der Waals surface area contributed by atoms with Crippen LogP contribution in [0.5, 0.6) is 11.5 Å². The van der Waals surface area contributed by atoms with E-state index in [2.05, 4.69) is 6.92 Å². The highest BCUT2D eigenvalue weighted by atomic mass is 16.5. The molecule has 0 spiro atoms. The fraction of sp³-hybridized carbons (Fsp3) is 0.571. The van der Waals surface area contributed by atoms with Crippen LogP contribution in [-0.2, 0) is 0 Å². The molecule has 0 bridgehead atoms. The first kappa shape index (κ1) is 13.8. The minimum atomic E-state index is -0.507. The first-order valence-electron chi connectivity index (χ1n) is 5.86. The Labute approximate surface area is 103 Å². The fourth-order valence-electron chi connectivity index (χ4n) is 1.67. The SMILES string of the molecule is CCC(C)(C)C(O)c1ccc(OC)c(OC)c1. The third-order valence-electron chi connectivity index (χ3n) is 3.37. The predicted molar refractivity (Wildman–Crippen MR) is 68.6 cm³/mol. The number of hydrogen-bond acceptors (Lipinski definition) is 3. The number of methoxy groups -OCH3 is 2. The molecule has 0 aliphatic heterocycles. The van der Waals surface area contributed by atoms with Crippen molar-refractivity contribution in [1.29, 1.82) is 0 Å². The molecule has 1 aromatic rings. The van der Waals surface area contributed by atoms with Gasteiger partial charge < -0.3 is 14.6 Å². The van der Waals surface area contributed by atoms with E-state index in [0.717, 1.165) is 12.0 Å². The van der Waals surface area contributed by atoms with Crippen LogP contribution in [0.1, 0.15) is 38.9 Å². The maximum absolute atomic E-state index is 10.3. The number of benzene rings is 1. The highest BCUT2D eigenvalue weighted by molar-refractivity contribution is 5.43. The minimum absolute atomic E-state index is 0.153. The van der Waals surface area contributed by atoms with E-state index in [1.165, 1.54) is 0 Å². The summed E-state index contributed by atoms with van der Waals surface area (Å²) in [5, 5.41) is 10.3. The molecule has 3 heteroatoms. The molecule has 1 unspecified atom stereocenters. The van der Waals surface area contributed by atoms with Crippen LogP contribution in [0, 0.1) is 5.41 Å². The van der Waals surface area contributed by atoms with Gasteiger partial charge in [0, 0.05) is 0 Å². The number of rotatable bonds is 5. The van der Waals surface area contributed by atoms with Crippen molar-refractivity contribution in [3.63, 3.8) is 0 Å². The maximum Gasteiger partial charge on any atom is 0.161 e. The summed E-state index contributed by atoms with van der Waals surface area (Å²) in [6.07, 6.45) is 0.398. The zero-order valence-electron chi connectivity index (χ0n) is 11.3. The molecule has 1 N–H and O–H groups in total. The van der Waals surface area contributed by atoms with Gasteiger partial charge in [0.1, 0.15) is 0 Å². The second kappa shape index (κ2) is 5.41. The third kappa shape index (κ3) is 2.91. The van der Waals surface area contributed by atoms with Crippen LogP contribution in [0.3, 0.4) is 0 Å². The highest BCUT2D eigenvalue weighted by Crippen LogP contribution is 2.39. The Balaban J connectivity index is 3.07. The van der Waals surface area contributed by atoms with E-state index in [1.54, 1.807) is 14.2 Å². The van der Waals surface area contributed by atoms with E-state index >= 15 is 0 Å². The van der Waals surface area contributed by atoms with E-state index in [0.29, 0.717) is 11.5 Å². The molecule has 1 atom stereocenters. The summed E-state index contributed by atoms with van der Waals surface area (Å²) >= 11 is 0. The van der Waals surface area contributed by atoms with Gasteiger partial charge in [0.2, 0.25) is 0 Å². The van der Waals surface area contributed by atoms with Crippen LogP contribution in [0.4, 0.5) is 0 Å². The molecule has 0 fully saturated rings. The van der Waals surface area contributed by atoms with Crippen molar-refractivity contribution < 1.29 is 14.6 Å². The van der Waals surface area contributed by atoms with E-state index < -0.39 is 6.10 Å². The Hall–Kier alpha value is -1.22. The highest BCUT2D eigenvalue weighted by Gasteiger charge is 2.27. The molecule has 0 aromatic heterocycles. The van der Waals surface area contributed by atoms with Gasteiger partial charge in [0.25, 0.3) is 0 Å². The molecule has 3 nitrogen and oxygen atoms in total. The number of aliphatic hydroxyl groups is 1. The standard InChI is InChI=1S/C14H22O3/c1-6-14(2,3)13(15)10-7-8-11(16-4)12(9-10)17-5/h7-9,13,15H,6H2,1-5H3. The molecule has 0 amide bonds. The van der Waals surface area contributed by atoms with Crippen LogP contribution in [0.2, 0.25) is 0 Å². The minimum Gasteiger partial charge on any atom is -0.493 e. The Morgan fingerprint density at radius 1 is 1.18 bits per heavy atom. The molecule has 0 heterocycles. The molecular weight excluding hydrogens is 216 g/mol. The van der Waals surface area contributed by atoms with E-state index in [1.807, 2.05) is 32.0 Å². The quantitative estimate of drug-likeness (QED) is 0.856. The molecule has 0 aliphatic rings. The Morgan fingerprint density at radius 3 is 2.24 bits per heavy atom. The lowest BCUT2D eigenvalue weighted by molar-refractivity contribution is 0.0463. The van der Waals surface area contributed by atoms with Crippen molar-refractivity contribution >= 4 is 0 Å². The smallest absolute Gasteiger partial charge is 0.161 e. The lowest BCUT2D eigenvalue weighted by Crippen LogP contribution is -2.21. The molecule has 96 valence electrons. The van der Waals surface area contributed by atoms with Gasteiger partial charge in [-0.1, -0.05) is 26.8 Å². The molecule has 0 saturated carbocycles. The summed E-state index contributed by atoms with van der Waals surface area (Å²) in [5.41, 5.74) is 0.703. The van der Waals surface area contributed by atoms with Crippen LogP contribution >= 0.6 is 0 Å². The van der Waals surface area contributed by atoms with Gasteiger partial charge >= 0.3 is 0 Å². The van der Waals surface area contributed by atoms with Crippen LogP contribution in [-0.4, -0.2) is 19.3 Å². The molecule has 0 radical (unpaired) electrons. The van der Waals surface area contributed by atoms with Gasteiger partial charge in [-0.05, 0) is 29.5 Å². The van der Waals surface area contributed by atoms with Crippen molar-refractivity contribution in [2.24, 2.45) is 5.41 Å².